The topological polar surface area (TPSA) is 114 Å². The van der Waals surface area contributed by atoms with Gasteiger partial charge in [-0.05, 0) is 78.9 Å². The van der Waals surface area contributed by atoms with E-state index in [1.807, 2.05) is 58.2 Å². The van der Waals surface area contributed by atoms with Crippen molar-refractivity contribution in [3.8, 4) is 0 Å². The van der Waals surface area contributed by atoms with Crippen molar-refractivity contribution in [1.29, 1.82) is 0 Å². The molecule has 39 heavy (non-hydrogen) atoms. The second-order valence-corrected chi connectivity index (χ2v) is 12.0. The summed E-state index contributed by atoms with van der Waals surface area (Å²) < 4.78 is 10.4. The molecule has 0 spiro atoms. The van der Waals surface area contributed by atoms with Gasteiger partial charge in [-0.25, -0.2) is 4.79 Å². The van der Waals surface area contributed by atoms with Gasteiger partial charge in [-0.1, -0.05) is 36.8 Å². The summed E-state index contributed by atoms with van der Waals surface area (Å²) in [6.07, 6.45) is 2.17. The Labute approximate surface area is 238 Å². The highest BCUT2D eigenvalue weighted by molar-refractivity contribution is 7.98. The number of carbonyl (C=O) groups excluding carboxylic acids is 4. The Morgan fingerprint density at radius 2 is 1.74 bits per heavy atom. The highest BCUT2D eigenvalue weighted by Gasteiger charge is 2.43. The maximum atomic E-state index is 14.3. The van der Waals surface area contributed by atoms with E-state index in [4.69, 9.17) is 9.47 Å². The normalized spacial score (nSPS) is 13.2. The number of hydrogen-bond donors (Lipinski definition) is 2. The van der Waals surface area contributed by atoms with Gasteiger partial charge in [0, 0.05) is 12.1 Å². The van der Waals surface area contributed by atoms with Crippen molar-refractivity contribution in [3.63, 3.8) is 0 Å². The standard InChI is InChI=1S/C29H47N3O6S/c1-10-29(7,8)32(26(35)22(16-18-39-9)31-27(36)38-28(4,5)6)24(21-14-12-13-20(3)19-21)25(34)30-17-15-23(33)37-11-2/h12-14,19,22,24H,10-11,15-18H2,1-9H3,(H,30,34)(H,31,36). The number of alkyl carbamates (subject to hydrolysis) is 1. The molecule has 0 aliphatic carbocycles. The van der Waals surface area contributed by atoms with E-state index < -0.39 is 41.2 Å². The molecule has 0 aliphatic heterocycles. The molecule has 1 rings (SSSR count). The van der Waals surface area contributed by atoms with E-state index in [2.05, 4.69) is 10.6 Å². The molecule has 0 heterocycles. The van der Waals surface area contributed by atoms with E-state index in [0.717, 1.165) is 5.56 Å². The van der Waals surface area contributed by atoms with Gasteiger partial charge in [-0.2, -0.15) is 11.8 Å². The van der Waals surface area contributed by atoms with Gasteiger partial charge in [-0.3, -0.25) is 14.4 Å². The maximum Gasteiger partial charge on any atom is 0.408 e. The van der Waals surface area contributed by atoms with Crippen LogP contribution >= 0.6 is 11.8 Å². The summed E-state index contributed by atoms with van der Waals surface area (Å²) in [7, 11) is 0. The van der Waals surface area contributed by atoms with E-state index in [1.165, 1.54) is 0 Å². The molecule has 0 radical (unpaired) electrons. The van der Waals surface area contributed by atoms with Crippen molar-refractivity contribution in [2.45, 2.75) is 97.9 Å². The van der Waals surface area contributed by atoms with E-state index in [0.29, 0.717) is 24.2 Å². The zero-order chi connectivity index (χ0) is 29.8. The highest BCUT2D eigenvalue weighted by Crippen LogP contribution is 2.33. The van der Waals surface area contributed by atoms with Crippen LogP contribution in [0.3, 0.4) is 0 Å². The molecular formula is C29H47N3O6S. The van der Waals surface area contributed by atoms with Crippen LogP contribution in [0.15, 0.2) is 24.3 Å². The summed E-state index contributed by atoms with van der Waals surface area (Å²) in [6, 6.07) is 5.55. The van der Waals surface area contributed by atoms with Gasteiger partial charge in [0.25, 0.3) is 0 Å². The van der Waals surface area contributed by atoms with Crippen molar-refractivity contribution in [2.24, 2.45) is 0 Å². The quantitative estimate of drug-likeness (QED) is 0.312. The molecule has 2 atom stereocenters. The predicted molar refractivity (Wildman–Crippen MR) is 156 cm³/mol. The summed E-state index contributed by atoms with van der Waals surface area (Å²) >= 11 is 1.56. The molecule has 1 aromatic rings. The fourth-order valence-electron chi connectivity index (χ4n) is 3.93. The Morgan fingerprint density at radius 1 is 1.08 bits per heavy atom. The number of nitrogens with zero attached hydrogens (tertiary/aromatic N) is 1. The number of hydrogen-bond acceptors (Lipinski definition) is 7. The second kappa shape index (κ2) is 15.7. The Balaban J connectivity index is 3.53. The molecule has 9 nitrogen and oxygen atoms in total. The van der Waals surface area contributed by atoms with E-state index >= 15 is 0 Å². The van der Waals surface area contributed by atoms with Gasteiger partial charge in [0.1, 0.15) is 17.7 Å². The molecule has 0 fully saturated rings. The molecule has 2 N–H and O–H groups in total. The van der Waals surface area contributed by atoms with E-state index in [9.17, 15) is 19.2 Å². The minimum Gasteiger partial charge on any atom is -0.466 e. The van der Waals surface area contributed by atoms with Crippen LogP contribution in [0.1, 0.15) is 84.9 Å². The van der Waals surface area contributed by atoms with E-state index in [1.54, 1.807) is 44.4 Å². The lowest BCUT2D eigenvalue weighted by Gasteiger charge is -2.44. The third kappa shape index (κ3) is 11.5. The molecule has 220 valence electrons. The van der Waals surface area contributed by atoms with Crippen molar-refractivity contribution in [1.82, 2.24) is 15.5 Å². The molecular weight excluding hydrogens is 518 g/mol. The molecule has 0 aromatic heterocycles. The number of benzene rings is 1. The monoisotopic (exact) mass is 565 g/mol. The average molecular weight is 566 g/mol. The third-order valence-electron chi connectivity index (χ3n) is 6.15. The highest BCUT2D eigenvalue weighted by atomic mass is 32.2. The minimum absolute atomic E-state index is 0.0157. The largest absolute Gasteiger partial charge is 0.466 e. The SMILES string of the molecule is CCOC(=O)CCNC(=O)C(c1cccc(C)c1)N(C(=O)C(CCSC)NC(=O)OC(C)(C)C)C(C)(C)CC. The molecule has 1 aromatic carbocycles. The van der Waals surface area contributed by atoms with Crippen molar-refractivity contribution in [3.05, 3.63) is 35.4 Å². The van der Waals surface area contributed by atoms with Crippen LogP contribution in [-0.2, 0) is 23.9 Å². The molecule has 3 amide bonds. The lowest BCUT2D eigenvalue weighted by atomic mass is 9.91. The van der Waals surface area contributed by atoms with Crippen LogP contribution in [0.25, 0.3) is 0 Å². The van der Waals surface area contributed by atoms with Crippen LogP contribution < -0.4 is 10.6 Å². The number of thioether (sulfide) groups is 1. The lowest BCUT2D eigenvalue weighted by molar-refractivity contribution is -0.149. The Hall–Kier alpha value is -2.75. The molecule has 0 saturated carbocycles. The molecule has 2 unspecified atom stereocenters. The van der Waals surface area contributed by atoms with Gasteiger partial charge >= 0.3 is 12.1 Å². The molecule has 10 heteroatoms. The fourth-order valence-corrected chi connectivity index (χ4v) is 4.40. The van der Waals surface area contributed by atoms with Crippen molar-refractivity contribution < 1.29 is 28.7 Å². The summed E-state index contributed by atoms with van der Waals surface area (Å²) in [4.78, 5) is 54.2. The summed E-state index contributed by atoms with van der Waals surface area (Å²) in [5.74, 6) is -0.590. The minimum atomic E-state index is -0.994. The number of nitrogens with one attached hydrogen (secondary N) is 2. The molecule has 0 saturated heterocycles. The fraction of sp³-hybridized carbons (Fsp3) is 0.655. The smallest absolute Gasteiger partial charge is 0.408 e. The zero-order valence-electron chi connectivity index (χ0n) is 25.0. The van der Waals surface area contributed by atoms with Gasteiger partial charge in [-0.15, -0.1) is 0 Å². The average Bonchev–Trinajstić information content (AvgIpc) is 2.83. The number of esters is 1. The van der Waals surface area contributed by atoms with Crippen LogP contribution in [0.4, 0.5) is 4.79 Å². The first-order chi connectivity index (χ1) is 18.2. The molecule has 0 aliphatic rings. The summed E-state index contributed by atoms with van der Waals surface area (Å²) in [5.41, 5.74) is 0.0865. The Kier molecular flexibility index (Phi) is 13.8. The first-order valence-electron chi connectivity index (χ1n) is 13.5. The van der Waals surface area contributed by atoms with Gasteiger partial charge in [0.2, 0.25) is 11.8 Å². The number of rotatable bonds is 14. The molecule has 0 bridgehead atoms. The van der Waals surface area contributed by atoms with Crippen molar-refractivity contribution >= 4 is 35.6 Å². The number of ether oxygens (including phenoxy) is 2. The van der Waals surface area contributed by atoms with Gasteiger partial charge in [0.05, 0.1) is 13.0 Å². The van der Waals surface area contributed by atoms with Crippen LogP contribution in [0, 0.1) is 6.92 Å². The Morgan fingerprint density at radius 3 is 2.28 bits per heavy atom. The third-order valence-corrected chi connectivity index (χ3v) is 6.80. The van der Waals surface area contributed by atoms with Crippen LogP contribution in [-0.4, -0.2) is 71.1 Å². The van der Waals surface area contributed by atoms with Gasteiger partial charge in [0.15, 0.2) is 0 Å². The van der Waals surface area contributed by atoms with E-state index in [-0.39, 0.29) is 25.5 Å². The van der Waals surface area contributed by atoms with Crippen molar-refractivity contribution in [2.75, 3.05) is 25.2 Å². The summed E-state index contributed by atoms with van der Waals surface area (Å²) in [5, 5.41) is 5.58. The Bertz CT molecular complexity index is 976. The lowest BCUT2D eigenvalue weighted by Crippen LogP contribution is -2.59. The number of aryl methyl sites for hydroxylation is 1. The summed E-state index contributed by atoms with van der Waals surface area (Å²) in [6.45, 7) is 15.0. The number of carbonyl (C=O) groups is 4. The zero-order valence-corrected chi connectivity index (χ0v) is 25.8. The first kappa shape index (κ1) is 34.3. The first-order valence-corrected chi connectivity index (χ1v) is 14.9. The number of amides is 3. The second-order valence-electron chi connectivity index (χ2n) is 11.0. The predicted octanol–water partition coefficient (Wildman–Crippen LogP) is 4.77. The maximum absolute atomic E-state index is 14.3. The van der Waals surface area contributed by atoms with Crippen LogP contribution in [0.5, 0.6) is 0 Å². The van der Waals surface area contributed by atoms with Crippen LogP contribution in [0.2, 0.25) is 0 Å². The van der Waals surface area contributed by atoms with Gasteiger partial charge < -0.3 is 25.0 Å².